The Bertz CT molecular complexity index is 76.0. The number of unbranched alkanes of at least 4 members (excludes halogenated alkanes) is 1. The number of halogens is 1. The van der Waals surface area contributed by atoms with Crippen LogP contribution in [0, 0.1) is 0 Å². The zero-order chi connectivity index (χ0) is 8.53. The maximum absolute atomic E-state index is 4.97. The van der Waals surface area contributed by atoms with Crippen molar-refractivity contribution in [3.05, 3.63) is 0 Å². The minimum Gasteiger partial charge on any atom is -0.385 e. The Balaban J connectivity index is 2.97. The largest absolute Gasteiger partial charge is 0.385 e. The van der Waals surface area contributed by atoms with Crippen LogP contribution in [0.3, 0.4) is 0 Å². The first-order valence-corrected chi connectivity index (χ1v) is 5.35. The summed E-state index contributed by atoms with van der Waals surface area (Å²) in [4.78, 5) is 0.726. The van der Waals surface area contributed by atoms with Crippen molar-refractivity contribution in [1.29, 1.82) is 0 Å². The first-order valence-electron chi connectivity index (χ1n) is 4.44. The monoisotopic (exact) mass is 222 g/mol. The van der Waals surface area contributed by atoms with E-state index < -0.39 is 0 Å². The molecule has 2 heteroatoms. The number of hydrogen-bond acceptors (Lipinski definition) is 1. The molecule has 0 spiro atoms. The fourth-order valence-electron chi connectivity index (χ4n) is 1.07. The summed E-state index contributed by atoms with van der Waals surface area (Å²) in [6.07, 6.45) is 6.34. The Kier molecular flexibility index (Phi) is 8.88. The maximum Gasteiger partial charge on any atom is 0.0462 e. The minimum absolute atomic E-state index is 0.726. The smallest absolute Gasteiger partial charge is 0.0462 e. The van der Waals surface area contributed by atoms with Gasteiger partial charge in [-0.2, -0.15) is 0 Å². The number of hydrogen-bond donors (Lipinski definition) is 0. The number of rotatable bonds is 7. The third-order valence-electron chi connectivity index (χ3n) is 1.72. The fraction of sp³-hybridized carbons (Fsp3) is 1.00. The van der Waals surface area contributed by atoms with Gasteiger partial charge in [0.25, 0.3) is 0 Å². The zero-order valence-electron chi connectivity index (χ0n) is 7.61. The predicted molar refractivity (Wildman–Crippen MR) is 53.4 cm³/mol. The summed E-state index contributed by atoms with van der Waals surface area (Å²) in [5.74, 6) is 0. The van der Waals surface area contributed by atoms with E-state index in [1.165, 1.54) is 32.1 Å². The molecule has 0 saturated heterocycles. The van der Waals surface area contributed by atoms with Gasteiger partial charge in [-0.3, -0.25) is 0 Å². The highest BCUT2D eigenvalue weighted by Gasteiger charge is 2.00. The Morgan fingerprint density at radius 1 is 1.27 bits per heavy atom. The van der Waals surface area contributed by atoms with Crippen LogP contribution < -0.4 is 0 Å². The third-order valence-corrected chi connectivity index (χ3v) is 2.63. The second-order valence-electron chi connectivity index (χ2n) is 2.87. The second kappa shape index (κ2) is 8.54. The van der Waals surface area contributed by atoms with Crippen LogP contribution in [0.2, 0.25) is 0 Å². The molecule has 0 N–H and O–H groups in total. The van der Waals surface area contributed by atoms with Crippen molar-refractivity contribution in [2.75, 3.05) is 13.7 Å². The van der Waals surface area contributed by atoms with Crippen LogP contribution in [-0.4, -0.2) is 18.5 Å². The molecule has 0 aliphatic carbocycles. The van der Waals surface area contributed by atoms with E-state index >= 15 is 0 Å². The molecule has 0 aliphatic heterocycles. The standard InChI is InChI=1S/C9H19BrO/c1-3-6-9(10)7-4-5-8-11-2/h9H,3-8H2,1-2H3. The summed E-state index contributed by atoms with van der Waals surface area (Å²) >= 11 is 3.65. The number of alkyl halides is 1. The summed E-state index contributed by atoms with van der Waals surface area (Å²) in [7, 11) is 1.76. The van der Waals surface area contributed by atoms with Crippen LogP contribution >= 0.6 is 15.9 Å². The number of ether oxygens (including phenoxy) is 1. The lowest BCUT2D eigenvalue weighted by Crippen LogP contribution is -1.98. The molecule has 0 aromatic carbocycles. The van der Waals surface area contributed by atoms with E-state index in [-0.39, 0.29) is 0 Å². The first-order chi connectivity index (χ1) is 5.31. The van der Waals surface area contributed by atoms with Crippen LogP contribution in [0.15, 0.2) is 0 Å². The summed E-state index contributed by atoms with van der Waals surface area (Å²) in [6.45, 7) is 3.13. The van der Waals surface area contributed by atoms with Gasteiger partial charge in [-0.05, 0) is 19.3 Å². The van der Waals surface area contributed by atoms with E-state index in [9.17, 15) is 0 Å². The Morgan fingerprint density at radius 2 is 2.00 bits per heavy atom. The van der Waals surface area contributed by atoms with Crippen molar-refractivity contribution in [2.24, 2.45) is 0 Å². The van der Waals surface area contributed by atoms with Crippen LogP contribution in [0.1, 0.15) is 39.0 Å². The fourth-order valence-corrected chi connectivity index (χ4v) is 1.85. The van der Waals surface area contributed by atoms with Gasteiger partial charge in [0.15, 0.2) is 0 Å². The summed E-state index contributed by atoms with van der Waals surface area (Å²) in [6, 6.07) is 0. The molecule has 1 unspecified atom stereocenters. The van der Waals surface area contributed by atoms with E-state index in [1.54, 1.807) is 7.11 Å². The first kappa shape index (κ1) is 11.4. The van der Waals surface area contributed by atoms with Gasteiger partial charge in [0.1, 0.15) is 0 Å². The molecule has 0 amide bonds. The summed E-state index contributed by atoms with van der Waals surface area (Å²) in [5.41, 5.74) is 0. The van der Waals surface area contributed by atoms with E-state index in [0.717, 1.165) is 11.4 Å². The maximum atomic E-state index is 4.97. The molecule has 0 aromatic rings. The lowest BCUT2D eigenvalue weighted by atomic mass is 10.1. The third kappa shape index (κ3) is 8.35. The van der Waals surface area contributed by atoms with Crippen LogP contribution in [0.25, 0.3) is 0 Å². The SMILES string of the molecule is CCCC(Br)CCCCOC. The average Bonchev–Trinajstić information content (AvgIpc) is 1.99. The molecule has 0 fully saturated rings. The van der Waals surface area contributed by atoms with Crippen molar-refractivity contribution in [2.45, 2.75) is 43.9 Å². The lowest BCUT2D eigenvalue weighted by Gasteiger charge is -2.06. The highest BCUT2D eigenvalue weighted by Crippen LogP contribution is 2.14. The van der Waals surface area contributed by atoms with Crippen molar-refractivity contribution in [3.8, 4) is 0 Å². The lowest BCUT2D eigenvalue weighted by molar-refractivity contribution is 0.192. The topological polar surface area (TPSA) is 9.23 Å². The molecule has 0 aromatic heterocycles. The predicted octanol–water partition coefficient (Wildman–Crippen LogP) is 3.37. The van der Waals surface area contributed by atoms with E-state index in [2.05, 4.69) is 22.9 Å². The van der Waals surface area contributed by atoms with Crippen molar-refractivity contribution >= 4 is 15.9 Å². The van der Waals surface area contributed by atoms with Gasteiger partial charge in [-0.1, -0.05) is 35.7 Å². The molecule has 0 bridgehead atoms. The Labute approximate surface area is 78.6 Å². The second-order valence-corrected chi connectivity index (χ2v) is 4.17. The summed E-state index contributed by atoms with van der Waals surface area (Å²) < 4.78 is 4.97. The van der Waals surface area contributed by atoms with Gasteiger partial charge in [-0.15, -0.1) is 0 Å². The normalized spacial score (nSPS) is 13.4. The molecular formula is C9H19BrO. The molecule has 11 heavy (non-hydrogen) atoms. The highest BCUT2D eigenvalue weighted by atomic mass is 79.9. The van der Waals surface area contributed by atoms with Gasteiger partial charge in [0.2, 0.25) is 0 Å². The van der Waals surface area contributed by atoms with Gasteiger partial charge in [-0.25, -0.2) is 0 Å². The van der Waals surface area contributed by atoms with Crippen molar-refractivity contribution < 1.29 is 4.74 Å². The molecule has 68 valence electrons. The Hall–Kier alpha value is 0.440. The van der Waals surface area contributed by atoms with E-state index in [1.807, 2.05) is 0 Å². The quantitative estimate of drug-likeness (QED) is 0.475. The Morgan fingerprint density at radius 3 is 2.55 bits per heavy atom. The van der Waals surface area contributed by atoms with Gasteiger partial charge < -0.3 is 4.74 Å². The van der Waals surface area contributed by atoms with Gasteiger partial charge in [0, 0.05) is 18.5 Å². The van der Waals surface area contributed by atoms with Gasteiger partial charge in [0.05, 0.1) is 0 Å². The molecule has 0 radical (unpaired) electrons. The summed E-state index contributed by atoms with van der Waals surface area (Å²) in [5, 5.41) is 0. The van der Waals surface area contributed by atoms with E-state index in [4.69, 9.17) is 4.74 Å². The molecular weight excluding hydrogens is 204 g/mol. The minimum atomic E-state index is 0.726. The highest BCUT2D eigenvalue weighted by molar-refractivity contribution is 9.09. The van der Waals surface area contributed by atoms with E-state index in [0.29, 0.717) is 0 Å². The van der Waals surface area contributed by atoms with Crippen molar-refractivity contribution in [3.63, 3.8) is 0 Å². The average molecular weight is 223 g/mol. The molecule has 1 nitrogen and oxygen atoms in total. The molecule has 0 heterocycles. The molecule has 0 aliphatic rings. The van der Waals surface area contributed by atoms with Crippen LogP contribution in [0.4, 0.5) is 0 Å². The van der Waals surface area contributed by atoms with Crippen LogP contribution in [-0.2, 0) is 4.74 Å². The number of methoxy groups -OCH3 is 1. The molecule has 1 atom stereocenters. The zero-order valence-corrected chi connectivity index (χ0v) is 9.19. The molecule has 0 rings (SSSR count). The molecule has 0 saturated carbocycles. The van der Waals surface area contributed by atoms with Crippen LogP contribution in [0.5, 0.6) is 0 Å². The van der Waals surface area contributed by atoms with Crippen molar-refractivity contribution in [1.82, 2.24) is 0 Å². The van der Waals surface area contributed by atoms with Gasteiger partial charge >= 0.3 is 0 Å².